The molecule has 23 heavy (non-hydrogen) atoms. The van der Waals surface area contributed by atoms with Crippen molar-refractivity contribution in [3.63, 3.8) is 0 Å². The summed E-state index contributed by atoms with van der Waals surface area (Å²) < 4.78 is 0. The highest BCUT2D eigenvalue weighted by Crippen LogP contribution is 2.51. The molecule has 4 aromatic carbocycles. The molecular formula is C22H13N. The number of rotatable bonds is 0. The molecule has 0 aliphatic heterocycles. The summed E-state index contributed by atoms with van der Waals surface area (Å²) in [7, 11) is 0. The first-order valence-electron chi connectivity index (χ1n) is 7.97. The SMILES string of the molecule is c1ccc2c(c1)ccc1ccc3c(c12)-c1c[nH]c2cccc-3c12. The largest absolute Gasteiger partial charge is 0.361 e. The van der Waals surface area contributed by atoms with Crippen LogP contribution in [0.5, 0.6) is 0 Å². The van der Waals surface area contributed by atoms with Crippen molar-refractivity contribution in [3.05, 3.63) is 72.9 Å². The third-order valence-electron chi connectivity index (χ3n) is 5.18. The molecule has 1 aliphatic carbocycles. The Morgan fingerprint density at radius 1 is 0.565 bits per heavy atom. The molecule has 106 valence electrons. The minimum atomic E-state index is 1.22. The Morgan fingerprint density at radius 2 is 1.43 bits per heavy atom. The first-order chi connectivity index (χ1) is 11.4. The Kier molecular flexibility index (Phi) is 1.91. The predicted molar refractivity (Wildman–Crippen MR) is 97.7 cm³/mol. The average Bonchev–Trinajstić information content (AvgIpc) is 3.18. The summed E-state index contributed by atoms with van der Waals surface area (Å²) in [6.07, 6.45) is 2.17. The molecule has 0 bridgehead atoms. The van der Waals surface area contributed by atoms with Gasteiger partial charge in [0.25, 0.3) is 0 Å². The minimum absolute atomic E-state index is 1.22. The van der Waals surface area contributed by atoms with Crippen molar-refractivity contribution in [2.75, 3.05) is 0 Å². The molecule has 1 aromatic heterocycles. The zero-order chi connectivity index (χ0) is 15.0. The average molecular weight is 291 g/mol. The summed E-state index contributed by atoms with van der Waals surface area (Å²) in [5, 5.41) is 6.69. The van der Waals surface area contributed by atoms with Crippen molar-refractivity contribution in [2.24, 2.45) is 0 Å². The van der Waals surface area contributed by atoms with E-state index in [2.05, 4.69) is 77.9 Å². The van der Waals surface area contributed by atoms with Gasteiger partial charge in [-0.3, -0.25) is 0 Å². The second-order valence-electron chi connectivity index (χ2n) is 6.30. The highest BCUT2D eigenvalue weighted by molar-refractivity contribution is 6.25. The van der Waals surface area contributed by atoms with Crippen molar-refractivity contribution in [1.29, 1.82) is 0 Å². The molecule has 0 fully saturated rings. The summed E-state index contributed by atoms with van der Waals surface area (Å²) >= 11 is 0. The van der Waals surface area contributed by atoms with Crippen LogP contribution in [0.15, 0.2) is 72.9 Å². The molecule has 0 atom stereocenters. The Labute approximate surface area is 133 Å². The van der Waals surface area contributed by atoms with Crippen molar-refractivity contribution in [3.8, 4) is 22.3 Å². The van der Waals surface area contributed by atoms with E-state index in [9.17, 15) is 0 Å². The van der Waals surface area contributed by atoms with Gasteiger partial charge >= 0.3 is 0 Å². The quantitative estimate of drug-likeness (QED) is 0.324. The number of benzene rings is 4. The zero-order valence-electron chi connectivity index (χ0n) is 12.4. The van der Waals surface area contributed by atoms with Crippen LogP contribution in [-0.4, -0.2) is 4.98 Å². The van der Waals surface area contributed by atoms with Gasteiger partial charge in [0.15, 0.2) is 0 Å². The summed E-state index contributed by atoms with van der Waals surface area (Å²) in [5.41, 5.74) is 6.66. The van der Waals surface area contributed by atoms with Crippen molar-refractivity contribution >= 4 is 32.4 Å². The standard InChI is InChI=1S/C22H13N/c1-2-5-15-13(4-1)8-9-14-10-11-17-16-6-3-7-19-21(16)18(12-23-19)22(17)20(14)15/h1-12,23H. The maximum absolute atomic E-state index is 3.43. The molecule has 1 heterocycles. The molecule has 0 saturated heterocycles. The third kappa shape index (κ3) is 1.29. The van der Waals surface area contributed by atoms with Gasteiger partial charge < -0.3 is 4.98 Å². The van der Waals surface area contributed by atoms with Crippen LogP contribution in [0.1, 0.15) is 0 Å². The van der Waals surface area contributed by atoms with Crippen LogP contribution in [0, 0.1) is 0 Å². The molecule has 0 saturated carbocycles. The van der Waals surface area contributed by atoms with E-state index < -0.39 is 0 Å². The van der Waals surface area contributed by atoms with E-state index in [1.165, 1.54) is 54.7 Å². The van der Waals surface area contributed by atoms with Gasteiger partial charge in [-0.15, -0.1) is 0 Å². The van der Waals surface area contributed by atoms with E-state index in [-0.39, 0.29) is 0 Å². The van der Waals surface area contributed by atoms with Gasteiger partial charge in [-0.1, -0.05) is 60.7 Å². The molecule has 0 spiro atoms. The van der Waals surface area contributed by atoms with Crippen LogP contribution in [0.4, 0.5) is 0 Å². The second-order valence-corrected chi connectivity index (χ2v) is 6.30. The lowest BCUT2D eigenvalue weighted by Gasteiger charge is -2.10. The number of aromatic amines is 1. The zero-order valence-corrected chi connectivity index (χ0v) is 12.4. The van der Waals surface area contributed by atoms with Gasteiger partial charge in [-0.05, 0) is 38.7 Å². The fourth-order valence-electron chi connectivity index (χ4n) is 4.21. The van der Waals surface area contributed by atoms with Gasteiger partial charge in [-0.25, -0.2) is 0 Å². The Bertz CT molecular complexity index is 1260. The van der Waals surface area contributed by atoms with E-state index >= 15 is 0 Å². The van der Waals surface area contributed by atoms with E-state index in [0.717, 1.165) is 0 Å². The molecule has 0 radical (unpaired) electrons. The lowest BCUT2D eigenvalue weighted by Crippen LogP contribution is -1.84. The summed E-state index contributed by atoms with van der Waals surface area (Å²) in [4.78, 5) is 3.43. The first-order valence-corrected chi connectivity index (χ1v) is 7.97. The molecule has 5 aromatic rings. The smallest absolute Gasteiger partial charge is 0.0466 e. The van der Waals surface area contributed by atoms with E-state index in [1.807, 2.05) is 0 Å². The molecular weight excluding hydrogens is 278 g/mol. The van der Waals surface area contributed by atoms with Gasteiger partial charge in [0.05, 0.1) is 0 Å². The maximum atomic E-state index is 3.43. The van der Waals surface area contributed by atoms with Crippen LogP contribution >= 0.6 is 0 Å². The Morgan fingerprint density at radius 3 is 2.43 bits per heavy atom. The van der Waals surface area contributed by atoms with E-state index in [4.69, 9.17) is 0 Å². The van der Waals surface area contributed by atoms with Crippen LogP contribution in [0.25, 0.3) is 54.7 Å². The summed E-state index contributed by atoms with van der Waals surface area (Å²) in [6, 6.07) is 24.2. The number of H-pyrrole nitrogens is 1. The molecule has 1 heteroatoms. The highest BCUT2D eigenvalue weighted by atomic mass is 14.7. The van der Waals surface area contributed by atoms with Gasteiger partial charge in [0, 0.05) is 28.2 Å². The normalized spacial score (nSPS) is 12.3. The summed E-state index contributed by atoms with van der Waals surface area (Å²) in [6.45, 7) is 0. The molecule has 1 N–H and O–H groups in total. The van der Waals surface area contributed by atoms with Crippen LogP contribution in [0.3, 0.4) is 0 Å². The molecule has 0 unspecified atom stereocenters. The fourth-order valence-corrected chi connectivity index (χ4v) is 4.21. The monoisotopic (exact) mass is 291 g/mol. The Balaban J connectivity index is 1.93. The van der Waals surface area contributed by atoms with Crippen molar-refractivity contribution in [1.82, 2.24) is 4.98 Å². The van der Waals surface area contributed by atoms with Gasteiger partial charge in [0.1, 0.15) is 0 Å². The van der Waals surface area contributed by atoms with Gasteiger partial charge in [-0.2, -0.15) is 0 Å². The minimum Gasteiger partial charge on any atom is -0.361 e. The van der Waals surface area contributed by atoms with Crippen LogP contribution in [0.2, 0.25) is 0 Å². The molecule has 1 nitrogen and oxygen atoms in total. The van der Waals surface area contributed by atoms with Gasteiger partial charge in [0.2, 0.25) is 0 Å². The number of nitrogens with one attached hydrogen (secondary N) is 1. The topological polar surface area (TPSA) is 15.8 Å². The number of hydrogen-bond donors (Lipinski definition) is 1. The highest BCUT2D eigenvalue weighted by Gasteiger charge is 2.24. The maximum Gasteiger partial charge on any atom is 0.0466 e. The predicted octanol–water partition coefficient (Wildman–Crippen LogP) is 6.12. The van der Waals surface area contributed by atoms with E-state index in [0.29, 0.717) is 0 Å². The molecule has 0 amide bonds. The second kappa shape index (κ2) is 3.82. The van der Waals surface area contributed by atoms with E-state index in [1.54, 1.807) is 0 Å². The van der Waals surface area contributed by atoms with Crippen molar-refractivity contribution in [2.45, 2.75) is 0 Å². The number of hydrogen-bond acceptors (Lipinski definition) is 0. The molecule has 1 aliphatic rings. The fraction of sp³-hybridized carbons (Fsp3) is 0. The molecule has 6 rings (SSSR count). The summed E-state index contributed by atoms with van der Waals surface area (Å²) in [5.74, 6) is 0. The number of fused-ring (bicyclic) bond motifs is 7. The lowest BCUT2D eigenvalue weighted by atomic mass is 9.93. The van der Waals surface area contributed by atoms with Crippen LogP contribution < -0.4 is 0 Å². The lowest BCUT2D eigenvalue weighted by molar-refractivity contribution is 1.47. The third-order valence-corrected chi connectivity index (χ3v) is 5.18. The number of aromatic nitrogens is 1. The Hall–Kier alpha value is -3.06. The first kappa shape index (κ1) is 11.5. The van der Waals surface area contributed by atoms with Crippen LogP contribution in [-0.2, 0) is 0 Å². The van der Waals surface area contributed by atoms with Crippen molar-refractivity contribution < 1.29 is 0 Å².